The second-order valence-corrected chi connectivity index (χ2v) is 4.83. The molecule has 0 bridgehead atoms. The molecule has 2 heterocycles. The van der Waals surface area contributed by atoms with Crippen LogP contribution in [-0.4, -0.2) is 16.8 Å². The Morgan fingerprint density at radius 1 is 1.44 bits per heavy atom. The third-order valence-electron chi connectivity index (χ3n) is 2.02. The van der Waals surface area contributed by atoms with Crippen LogP contribution in [0.1, 0.15) is 12.7 Å². The first-order chi connectivity index (χ1) is 7.84. The van der Waals surface area contributed by atoms with Gasteiger partial charge in [0.05, 0.1) is 19.0 Å². The molecule has 0 aliphatic rings. The summed E-state index contributed by atoms with van der Waals surface area (Å²) in [6.45, 7) is 3.77. The topological polar surface area (TPSA) is 51.2 Å². The molecule has 0 saturated heterocycles. The first-order valence-electron chi connectivity index (χ1n) is 5.14. The lowest BCUT2D eigenvalue weighted by Gasteiger charge is -2.08. The summed E-state index contributed by atoms with van der Waals surface area (Å²) in [5.74, 6) is 0.952. The van der Waals surface area contributed by atoms with Crippen LogP contribution in [0.15, 0.2) is 44.9 Å². The maximum absolute atomic E-state index is 5.22. The molecule has 16 heavy (non-hydrogen) atoms. The number of nitrogens with one attached hydrogen (secondary N) is 1. The first kappa shape index (κ1) is 11.3. The molecular formula is C11H14N2O2S. The van der Waals surface area contributed by atoms with Crippen molar-refractivity contribution in [3.05, 3.63) is 36.6 Å². The predicted molar refractivity (Wildman–Crippen MR) is 62.2 cm³/mol. The third-order valence-corrected chi connectivity index (χ3v) is 3.00. The summed E-state index contributed by atoms with van der Waals surface area (Å²) >= 11 is 1.62. The second kappa shape index (κ2) is 5.77. The summed E-state index contributed by atoms with van der Waals surface area (Å²) < 4.78 is 10.4. The number of hydrogen-bond donors (Lipinski definition) is 1. The second-order valence-electron chi connectivity index (χ2n) is 3.44. The summed E-state index contributed by atoms with van der Waals surface area (Å²) in [6, 6.07) is 3.85. The molecule has 0 fully saturated rings. The van der Waals surface area contributed by atoms with Crippen LogP contribution in [0.2, 0.25) is 0 Å². The van der Waals surface area contributed by atoms with E-state index in [1.54, 1.807) is 30.5 Å². The minimum atomic E-state index is 0.411. The van der Waals surface area contributed by atoms with E-state index in [0.717, 1.165) is 18.8 Å². The molecule has 0 amide bonds. The molecule has 2 aromatic heterocycles. The molecule has 0 saturated carbocycles. The van der Waals surface area contributed by atoms with Gasteiger partial charge < -0.3 is 14.2 Å². The Hall–Kier alpha value is -1.20. The highest BCUT2D eigenvalue weighted by Gasteiger charge is 2.07. The van der Waals surface area contributed by atoms with Crippen molar-refractivity contribution >= 4 is 11.8 Å². The lowest BCUT2D eigenvalue weighted by Crippen LogP contribution is -2.21. The molecule has 0 aromatic carbocycles. The summed E-state index contributed by atoms with van der Waals surface area (Å²) in [5.41, 5.74) is 0. The Kier molecular flexibility index (Phi) is 4.07. The Bertz CT molecular complexity index is 386. The number of oxazole rings is 1. The maximum Gasteiger partial charge on any atom is 0.255 e. The van der Waals surface area contributed by atoms with Crippen LogP contribution in [0.4, 0.5) is 0 Å². The van der Waals surface area contributed by atoms with Gasteiger partial charge in [-0.2, -0.15) is 0 Å². The van der Waals surface area contributed by atoms with Crippen molar-refractivity contribution in [3.8, 4) is 0 Å². The van der Waals surface area contributed by atoms with E-state index in [0.29, 0.717) is 10.5 Å². The zero-order valence-electron chi connectivity index (χ0n) is 9.05. The molecule has 2 rings (SSSR count). The number of aromatic nitrogens is 1. The first-order valence-corrected chi connectivity index (χ1v) is 6.02. The van der Waals surface area contributed by atoms with Crippen molar-refractivity contribution in [1.29, 1.82) is 0 Å². The van der Waals surface area contributed by atoms with Gasteiger partial charge in [-0.1, -0.05) is 18.7 Å². The maximum atomic E-state index is 5.22. The van der Waals surface area contributed by atoms with Crippen LogP contribution in [0.5, 0.6) is 0 Å². The molecule has 86 valence electrons. The van der Waals surface area contributed by atoms with Gasteiger partial charge in [0, 0.05) is 11.8 Å². The van der Waals surface area contributed by atoms with Gasteiger partial charge in [-0.05, 0) is 12.1 Å². The molecule has 1 unspecified atom stereocenters. The zero-order chi connectivity index (χ0) is 11.2. The normalized spacial score (nSPS) is 12.8. The van der Waals surface area contributed by atoms with Crippen molar-refractivity contribution < 1.29 is 8.83 Å². The summed E-state index contributed by atoms with van der Waals surface area (Å²) in [4.78, 5) is 4.06. The largest absolute Gasteiger partial charge is 0.468 e. The standard InChI is InChI=1S/C11H14N2O2S/c1-9(16-11-13-4-6-15-11)7-12-8-10-3-2-5-14-10/h2-6,9,12H,7-8H2,1H3. The van der Waals surface area contributed by atoms with E-state index in [9.17, 15) is 0 Å². The fourth-order valence-corrected chi connectivity index (χ4v) is 2.07. The van der Waals surface area contributed by atoms with Crippen molar-refractivity contribution in [2.75, 3.05) is 6.54 Å². The van der Waals surface area contributed by atoms with E-state index in [1.165, 1.54) is 0 Å². The minimum absolute atomic E-state index is 0.411. The van der Waals surface area contributed by atoms with Gasteiger partial charge in [0.2, 0.25) is 0 Å². The van der Waals surface area contributed by atoms with Gasteiger partial charge in [0.25, 0.3) is 5.22 Å². The molecule has 5 heteroatoms. The SMILES string of the molecule is CC(CNCc1ccco1)Sc1ncco1. The number of hydrogen-bond acceptors (Lipinski definition) is 5. The van der Waals surface area contributed by atoms with E-state index in [1.807, 2.05) is 12.1 Å². The molecule has 0 spiro atoms. The van der Waals surface area contributed by atoms with Crippen molar-refractivity contribution in [3.63, 3.8) is 0 Å². The number of nitrogens with zero attached hydrogens (tertiary/aromatic N) is 1. The predicted octanol–water partition coefficient (Wildman–Crippen LogP) is 2.54. The molecule has 4 nitrogen and oxygen atoms in total. The van der Waals surface area contributed by atoms with E-state index in [-0.39, 0.29) is 0 Å². The number of thioether (sulfide) groups is 1. The fourth-order valence-electron chi connectivity index (χ4n) is 1.29. The molecule has 2 aromatic rings. The van der Waals surface area contributed by atoms with Crippen LogP contribution in [0.25, 0.3) is 0 Å². The van der Waals surface area contributed by atoms with Gasteiger partial charge in [0.1, 0.15) is 12.0 Å². The lowest BCUT2D eigenvalue weighted by atomic mass is 10.4. The van der Waals surface area contributed by atoms with Gasteiger partial charge in [-0.15, -0.1) is 0 Å². The van der Waals surface area contributed by atoms with Crippen LogP contribution < -0.4 is 5.32 Å². The van der Waals surface area contributed by atoms with Crippen molar-refractivity contribution in [2.45, 2.75) is 23.9 Å². The smallest absolute Gasteiger partial charge is 0.255 e. The quantitative estimate of drug-likeness (QED) is 0.784. The van der Waals surface area contributed by atoms with E-state index in [2.05, 4.69) is 17.2 Å². The summed E-state index contributed by atoms with van der Waals surface area (Å²) in [6.07, 6.45) is 4.93. The highest BCUT2D eigenvalue weighted by molar-refractivity contribution is 7.99. The highest BCUT2D eigenvalue weighted by atomic mass is 32.2. The fraction of sp³-hybridized carbons (Fsp3) is 0.364. The zero-order valence-corrected chi connectivity index (χ0v) is 9.87. The molecule has 0 aliphatic heterocycles. The summed E-state index contributed by atoms with van der Waals surface area (Å²) in [7, 11) is 0. The molecular weight excluding hydrogens is 224 g/mol. The van der Waals surface area contributed by atoms with Crippen LogP contribution in [0.3, 0.4) is 0 Å². The number of rotatable bonds is 6. The van der Waals surface area contributed by atoms with Crippen molar-refractivity contribution in [1.82, 2.24) is 10.3 Å². The molecule has 1 N–H and O–H groups in total. The summed E-state index contributed by atoms with van der Waals surface area (Å²) in [5, 5.41) is 4.44. The van der Waals surface area contributed by atoms with Crippen LogP contribution in [-0.2, 0) is 6.54 Å². The number of furan rings is 1. The minimum Gasteiger partial charge on any atom is -0.468 e. The van der Waals surface area contributed by atoms with Gasteiger partial charge in [0.15, 0.2) is 0 Å². The van der Waals surface area contributed by atoms with Gasteiger partial charge >= 0.3 is 0 Å². The Labute approximate surface area is 98.4 Å². The third kappa shape index (κ3) is 3.43. The van der Waals surface area contributed by atoms with Crippen molar-refractivity contribution in [2.24, 2.45) is 0 Å². The Balaban J connectivity index is 1.66. The monoisotopic (exact) mass is 238 g/mol. The van der Waals surface area contributed by atoms with Crippen LogP contribution >= 0.6 is 11.8 Å². The Morgan fingerprint density at radius 2 is 2.38 bits per heavy atom. The highest BCUT2D eigenvalue weighted by Crippen LogP contribution is 2.20. The van der Waals surface area contributed by atoms with E-state index >= 15 is 0 Å². The van der Waals surface area contributed by atoms with E-state index in [4.69, 9.17) is 8.83 Å². The average Bonchev–Trinajstić information content (AvgIpc) is 2.90. The van der Waals surface area contributed by atoms with Gasteiger partial charge in [-0.3, -0.25) is 0 Å². The average molecular weight is 238 g/mol. The lowest BCUT2D eigenvalue weighted by molar-refractivity contribution is 0.452. The molecule has 1 atom stereocenters. The van der Waals surface area contributed by atoms with E-state index < -0.39 is 0 Å². The van der Waals surface area contributed by atoms with Crippen LogP contribution in [0, 0.1) is 0 Å². The molecule has 0 radical (unpaired) electrons. The van der Waals surface area contributed by atoms with Gasteiger partial charge in [-0.25, -0.2) is 4.98 Å². The molecule has 0 aliphatic carbocycles. The Morgan fingerprint density at radius 3 is 3.06 bits per heavy atom.